The van der Waals surface area contributed by atoms with Crippen molar-refractivity contribution in [3.05, 3.63) is 113 Å². The van der Waals surface area contributed by atoms with Crippen LogP contribution in [0.25, 0.3) is 0 Å². The van der Waals surface area contributed by atoms with E-state index in [1.165, 1.54) is 24.3 Å². The van der Waals surface area contributed by atoms with Crippen molar-refractivity contribution < 1.29 is 19.2 Å². The lowest BCUT2D eigenvalue weighted by atomic mass is 9.88. The topological polar surface area (TPSA) is 68.3 Å². The maximum atomic E-state index is 11.7. The highest BCUT2D eigenvalue weighted by atomic mass is 35.5. The van der Waals surface area contributed by atoms with E-state index in [1.54, 1.807) is 0 Å². The fourth-order valence-corrected chi connectivity index (χ4v) is 4.66. The van der Waals surface area contributed by atoms with E-state index in [4.69, 9.17) is 46.4 Å². The monoisotopic (exact) mass is 560 g/mol. The van der Waals surface area contributed by atoms with Gasteiger partial charge in [0.25, 0.3) is 0 Å². The van der Waals surface area contributed by atoms with Crippen LogP contribution in [0.5, 0.6) is 0 Å². The second-order valence-corrected chi connectivity index (χ2v) is 10.0. The molecule has 0 aromatic heterocycles. The SMILES string of the molecule is CC1=CC(=C2C=C(C)C(=O)C(C)=C2)C=C(C)C1=O.O=C1C(Cl)=CC(=C2C=C(Cl)C(=O)C(Cl)=C2)C=C1Cl. The van der Waals surface area contributed by atoms with Gasteiger partial charge in [0, 0.05) is 0 Å². The highest BCUT2D eigenvalue weighted by Crippen LogP contribution is 2.31. The minimum atomic E-state index is -0.445. The van der Waals surface area contributed by atoms with Crippen LogP contribution in [0.15, 0.2) is 113 Å². The van der Waals surface area contributed by atoms with E-state index in [9.17, 15) is 19.2 Å². The number of allylic oxidation sites excluding steroid dienone is 20. The van der Waals surface area contributed by atoms with Crippen molar-refractivity contribution in [1.82, 2.24) is 0 Å². The van der Waals surface area contributed by atoms with Gasteiger partial charge in [-0.2, -0.15) is 0 Å². The van der Waals surface area contributed by atoms with Crippen molar-refractivity contribution >= 4 is 69.5 Å². The fraction of sp³-hybridized carbons (Fsp3) is 0.143. The molecule has 0 saturated heterocycles. The van der Waals surface area contributed by atoms with Gasteiger partial charge in [-0.25, -0.2) is 0 Å². The number of hydrogen-bond donors (Lipinski definition) is 0. The van der Waals surface area contributed by atoms with Crippen LogP contribution in [0.2, 0.25) is 0 Å². The summed E-state index contributed by atoms with van der Waals surface area (Å²) in [6.07, 6.45) is 13.3. The summed E-state index contributed by atoms with van der Waals surface area (Å²) < 4.78 is 0. The van der Waals surface area contributed by atoms with Crippen LogP contribution in [-0.2, 0) is 19.2 Å². The van der Waals surface area contributed by atoms with E-state index in [0.29, 0.717) is 11.1 Å². The average molecular weight is 562 g/mol. The number of hydrogen-bond acceptors (Lipinski definition) is 4. The van der Waals surface area contributed by atoms with Crippen molar-refractivity contribution in [3.63, 3.8) is 0 Å². The van der Waals surface area contributed by atoms with Gasteiger partial charge in [0.2, 0.25) is 11.6 Å². The lowest BCUT2D eigenvalue weighted by Gasteiger charge is -2.15. The van der Waals surface area contributed by atoms with Gasteiger partial charge in [0.1, 0.15) is 0 Å². The van der Waals surface area contributed by atoms with Gasteiger partial charge < -0.3 is 0 Å². The molecule has 4 aliphatic rings. The third-order valence-electron chi connectivity index (χ3n) is 5.58. The number of halogens is 4. The van der Waals surface area contributed by atoms with E-state index in [1.807, 2.05) is 52.0 Å². The van der Waals surface area contributed by atoms with Crippen LogP contribution < -0.4 is 0 Å². The van der Waals surface area contributed by atoms with Crippen LogP contribution in [-0.4, -0.2) is 23.1 Å². The Bertz CT molecular complexity index is 1130. The zero-order valence-electron chi connectivity index (χ0n) is 19.8. The molecule has 0 fully saturated rings. The summed E-state index contributed by atoms with van der Waals surface area (Å²) in [5.74, 6) is -0.709. The predicted molar refractivity (Wildman–Crippen MR) is 145 cm³/mol. The van der Waals surface area contributed by atoms with Crippen molar-refractivity contribution in [2.45, 2.75) is 27.7 Å². The molecule has 0 bridgehead atoms. The van der Waals surface area contributed by atoms with Crippen molar-refractivity contribution in [2.75, 3.05) is 0 Å². The second kappa shape index (κ2) is 11.1. The largest absolute Gasteiger partial charge is 0.289 e. The quantitative estimate of drug-likeness (QED) is 0.314. The zero-order chi connectivity index (χ0) is 26.9. The van der Waals surface area contributed by atoms with E-state index >= 15 is 0 Å². The second-order valence-electron chi connectivity index (χ2n) is 8.42. The fourth-order valence-electron chi connectivity index (χ4n) is 3.69. The molecular weight excluding hydrogens is 542 g/mol. The smallest absolute Gasteiger partial charge is 0.215 e. The van der Waals surface area contributed by atoms with Crippen molar-refractivity contribution in [1.29, 1.82) is 0 Å². The highest BCUT2D eigenvalue weighted by molar-refractivity contribution is 6.56. The van der Waals surface area contributed by atoms with Crippen molar-refractivity contribution in [2.24, 2.45) is 0 Å². The zero-order valence-corrected chi connectivity index (χ0v) is 22.8. The molecule has 0 N–H and O–H groups in total. The standard InChI is InChI=1S/C16H16O2.C12H4Cl4O2/c1-9-5-13(6-10(2)15(9)17)14-7-11(3)16(18)12(4)8-14;13-7-1-5(2-8(14)11(7)17)6-3-9(15)12(18)10(16)4-6/h5-8H,1-4H3;1-4H. The van der Waals surface area contributed by atoms with Crippen molar-refractivity contribution in [3.8, 4) is 0 Å². The number of carbonyl (C=O) groups is 4. The first kappa shape index (κ1) is 27.8. The Morgan fingerprint density at radius 2 is 0.556 bits per heavy atom. The first-order valence-electron chi connectivity index (χ1n) is 10.7. The molecule has 8 heteroatoms. The Labute approximate surface area is 229 Å². The molecule has 0 amide bonds. The summed E-state index contributed by atoms with van der Waals surface area (Å²) in [5, 5.41) is -0.0150. The van der Waals surface area contributed by atoms with E-state index in [-0.39, 0.29) is 31.7 Å². The van der Waals surface area contributed by atoms with Crippen LogP contribution in [0, 0.1) is 0 Å². The Hall–Kier alpha value is -2.76. The van der Waals surface area contributed by atoms with Gasteiger partial charge in [-0.15, -0.1) is 0 Å². The highest BCUT2D eigenvalue weighted by Gasteiger charge is 2.22. The Balaban J connectivity index is 0.000000201. The van der Waals surface area contributed by atoms with Crippen LogP contribution >= 0.6 is 46.4 Å². The number of rotatable bonds is 0. The summed E-state index contributed by atoms with van der Waals surface area (Å²) in [5.41, 5.74) is 6.09. The van der Waals surface area contributed by atoms with Crippen LogP contribution in [0.3, 0.4) is 0 Å². The van der Waals surface area contributed by atoms with E-state index in [0.717, 1.165) is 33.4 Å². The summed E-state index contributed by atoms with van der Waals surface area (Å²) in [4.78, 5) is 46.1. The molecule has 4 nitrogen and oxygen atoms in total. The summed E-state index contributed by atoms with van der Waals surface area (Å²) in [7, 11) is 0. The normalized spacial score (nSPS) is 20.4. The summed E-state index contributed by atoms with van der Waals surface area (Å²) >= 11 is 23.0. The first-order valence-corrected chi connectivity index (χ1v) is 12.2. The number of carbonyl (C=O) groups excluding carboxylic acids is 4. The Morgan fingerprint density at radius 3 is 0.778 bits per heavy atom. The maximum Gasteiger partial charge on any atom is 0.215 e. The molecule has 0 aromatic rings. The molecule has 4 aliphatic carbocycles. The number of Topliss-reactive ketones (excluding diaryl/α,β-unsaturated/α-hetero) is 4. The molecular formula is C28H20Cl4O4. The molecule has 0 radical (unpaired) electrons. The molecule has 36 heavy (non-hydrogen) atoms. The van der Waals surface area contributed by atoms with E-state index in [2.05, 4.69) is 0 Å². The summed E-state index contributed by atoms with van der Waals surface area (Å²) in [6.45, 7) is 7.28. The molecule has 0 unspecified atom stereocenters. The molecule has 184 valence electrons. The lowest BCUT2D eigenvalue weighted by Crippen LogP contribution is -2.09. The molecule has 4 rings (SSSR count). The van der Waals surface area contributed by atoms with Gasteiger partial charge >= 0.3 is 0 Å². The maximum absolute atomic E-state index is 11.7. The summed E-state index contributed by atoms with van der Waals surface area (Å²) in [6, 6.07) is 0. The number of ketones is 4. The average Bonchev–Trinajstić information content (AvgIpc) is 2.82. The molecule has 0 heterocycles. The molecule has 0 aliphatic heterocycles. The minimum absolute atomic E-state index is 0.00375. The molecule has 0 spiro atoms. The van der Waals surface area contributed by atoms with Gasteiger partial charge in [0.05, 0.1) is 20.1 Å². The third kappa shape index (κ3) is 5.96. The van der Waals surface area contributed by atoms with E-state index < -0.39 is 11.6 Å². The molecule has 0 saturated carbocycles. The van der Waals surface area contributed by atoms with Gasteiger partial charge in [-0.05, 0) is 121 Å². The lowest BCUT2D eigenvalue weighted by molar-refractivity contribution is -0.113. The Morgan fingerprint density at radius 1 is 0.361 bits per heavy atom. The van der Waals surface area contributed by atoms with Gasteiger partial charge in [-0.1, -0.05) is 46.4 Å². The molecule has 0 aromatic carbocycles. The Kier molecular flexibility index (Phi) is 8.58. The first-order chi connectivity index (χ1) is 16.8. The molecule has 0 atom stereocenters. The van der Waals surface area contributed by atoms with Gasteiger partial charge in [0.15, 0.2) is 11.6 Å². The minimum Gasteiger partial charge on any atom is -0.289 e. The van der Waals surface area contributed by atoms with Crippen LogP contribution in [0.1, 0.15) is 27.7 Å². The third-order valence-corrected chi connectivity index (χ3v) is 6.71. The van der Waals surface area contributed by atoms with Gasteiger partial charge in [-0.3, -0.25) is 19.2 Å². The predicted octanol–water partition coefficient (Wildman–Crippen LogP) is 7.17. The van der Waals surface area contributed by atoms with Crippen LogP contribution in [0.4, 0.5) is 0 Å².